The Morgan fingerprint density at radius 2 is 1.66 bits per heavy atom. The maximum absolute atomic E-state index is 12.7. The van der Waals surface area contributed by atoms with Crippen LogP contribution in [0.3, 0.4) is 0 Å². The van der Waals surface area contributed by atoms with Crippen molar-refractivity contribution in [3.63, 3.8) is 0 Å². The number of benzene rings is 2. The van der Waals surface area contributed by atoms with Crippen molar-refractivity contribution in [1.29, 1.82) is 0 Å². The van der Waals surface area contributed by atoms with E-state index in [1.807, 2.05) is 30.3 Å². The Balaban J connectivity index is 1.92. The average Bonchev–Trinajstić information content (AvgIpc) is 3.09. The number of hydrogen-bond acceptors (Lipinski definition) is 2. The van der Waals surface area contributed by atoms with Crippen molar-refractivity contribution in [1.82, 2.24) is 10.2 Å². The first kappa shape index (κ1) is 20.6. The molecule has 0 radical (unpaired) electrons. The van der Waals surface area contributed by atoms with Crippen molar-refractivity contribution in [3.05, 3.63) is 92.9 Å². The molecule has 1 heterocycles. The van der Waals surface area contributed by atoms with Gasteiger partial charge in [0.15, 0.2) is 0 Å². The van der Waals surface area contributed by atoms with Crippen molar-refractivity contribution in [2.24, 2.45) is 0 Å². The molecule has 1 atom stereocenters. The second-order valence-corrected chi connectivity index (χ2v) is 7.79. The van der Waals surface area contributed by atoms with Gasteiger partial charge in [0, 0.05) is 23.6 Å². The summed E-state index contributed by atoms with van der Waals surface area (Å²) in [6, 6.07) is 18.4. The van der Waals surface area contributed by atoms with Crippen LogP contribution in [0, 0.1) is 0 Å². The molecule has 29 heavy (non-hydrogen) atoms. The fourth-order valence-corrected chi connectivity index (χ4v) is 3.78. The quantitative estimate of drug-likeness (QED) is 0.497. The van der Waals surface area contributed by atoms with E-state index in [0.29, 0.717) is 6.42 Å². The van der Waals surface area contributed by atoms with Crippen LogP contribution in [0.15, 0.2) is 59.4 Å². The first-order valence-corrected chi connectivity index (χ1v) is 10.1. The molecule has 3 N–H and O–H groups in total. The fourth-order valence-electron chi connectivity index (χ4n) is 3.78. The minimum Gasteiger partial charge on any atom is -0.481 e. The SMILES string of the molecule is CC(C)c1[nH][nH]c(=O)c1C(Cc1ccccc1)c1ccc(CCCC(=O)O)cc1. The zero-order valence-corrected chi connectivity index (χ0v) is 16.9. The molecular formula is C24H28N2O3. The molecule has 3 rings (SSSR count). The molecule has 0 aliphatic heterocycles. The van der Waals surface area contributed by atoms with Crippen LogP contribution >= 0.6 is 0 Å². The molecule has 0 aliphatic rings. The van der Waals surface area contributed by atoms with Gasteiger partial charge in [-0.15, -0.1) is 0 Å². The highest BCUT2D eigenvalue weighted by atomic mass is 16.4. The average molecular weight is 392 g/mol. The number of carboxylic acid groups (broad SMARTS) is 1. The molecule has 1 unspecified atom stereocenters. The molecule has 1 aromatic heterocycles. The van der Waals surface area contributed by atoms with Gasteiger partial charge >= 0.3 is 5.97 Å². The van der Waals surface area contributed by atoms with Crippen LogP contribution in [0.5, 0.6) is 0 Å². The number of nitrogens with one attached hydrogen (secondary N) is 2. The Morgan fingerprint density at radius 3 is 2.28 bits per heavy atom. The summed E-state index contributed by atoms with van der Waals surface area (Å²) in [6.07, 6.45) is 2.27. The van der Waals surface area contributed by atoms with Crippen LogP contribution in [0.2, 0.25) is 0 Å². The third-order valence-corrected chi connectivity index (χ3v) is 5.29. The van der Waals surface area contributed by atoms with E-state index in [0.717, 1.165) is 35.2 Å². The molecule has 0 saturated carbocycles. The van der Waals surface area contributed by atoms with E-state index in [4.69, 9.17) is 5.11 Å². The summed E-state index contributed by atoms with van der Waals surface area (Å²) < 4.78 is 0. The number of aryl methyl sites for hydroxylation is 1. The Kier molecular flexibility index (Phi) is 6.70. The monoisotopic (exact) mass is 392 g/mol. The van der Waals surface area contributed by atoms with Crippen LogP contribution in [0.1, 0.15) is 66.5 Å². The zero-order valence-electron chi connectivity index (χ0n) is 16.9. The molecule has 0 aliphatic carbocycles. The lowest BCUT2D eigenvalue weighted by Crippen LogP contribution is -2.16. The molecule has 0 fully saturated rings. The van der Waals surface area contributed by atoms with Crippen LogP contribution in [0.25, 0.3) is 0 Å². The third kappa shape index (κ3) is 5.25. The van der Waals surface area contributed by atoms with Gasteiger partial charge in [-0.05, 0) is 41.9 Å². The standard InChI is InChI=1S/C24H28N2O3/c1-16(2)23-22(24(29)26-25-23)20(15-18-7-4-3-5-8-18)19-13-11-17(12-14-19)9-6-10-21(27)28/h3-5,7-8,11-14,16,20H,6,9-10,15H2,1-2H3,(H,27,28)(H2,25,26,29). The molecule has 0 bridgehead atoms. The highest BCUT2D eigenvalue weighted by molar-refractivity contribution is 5.66. The van der Waals surface area contributed by atoms with Crippen molar-refractivity contribution in [2.75, 3.05) is 0 Å². The van der Waals surface area contributed by atoms with Gasteiger partial charge in [0.25, 0.3) is 5.56 Å². The first-order chi connectivity index (χ1) is 14.0. The zero-order chi connectivity index (χ0) is 20.8. The number of H-pyrrole nitrogens is 2. The number of aromatic amines is 2. The van der Waals surface area contributed by atoms with Gasteiger partial charge in [-0.25, -0.2) is 0 Å². The topological polar surface area (TPSA) is 86.0 Å². The fraction of sp³-hybridized carbons (Fsp3) is 0.333. The van der Waals surface area contributed by atoms with E-state index in [-0.39, 0.29) is 23.8 Å². The van der Waals surface area contributed by atoms with Crippen molar-refractivity contribution in [2.45, 2.75) is 51.4 Å². The number of hydrogen-bond donors (Lipinski definition) is 3. The predicted molar refractivity (Wildman–Crippen MR) is 115 cm³/mol. The van der Waals surface area contributed by atoms with E-state index >= 15 is 0 Å². The molecule has 0 saturated heterocycles. The van der Waals surface area contributed by atoms with E-state index in [2.05, 4.69) is 48.3 Å². The van der Waals surface area contributed by atoms with Gasteiger partial charge in [0.1, 0.15) is 0 Å². The number of carbonyl (C=O) groups is 1. The van der Waals surface area contributed by atoms with Crippen LogP contribution < -0.4 is 5.56 Å². The molecule has 5 nitrogen and oxygen atoms in total. The summed E-state index contributed by atoms with van der Waals surface area (Å²) >= 11 is 0. The van der Waals surface area contributed by atoms with E-state index in [1.165, 1.54) is 5.56 Å². The maximum atomic E-state index is 12.7. The van der Waals surface area contributed by atoms with E-state index in [1.54, 1.807) is 0 Å². The van der Waals surface area contributed by atoms with Gasteiger partial charge < -0.3 is 10.2 Å². The van der Waals surface area contributed by atoms with E-state index < -0.39 is 5.97 Å². The highest BCUT2D eigenvalue weighted by Crippen LogP contribution is 2.31. The Bertz CT molecular complexity index is 985. The molecule has 0 amide bonds. The van der Waals surface area contributed by atoms with E-state index in [9.17, 15) is 9.59 Å². The maximum Gasteiger partial charge on any atom is 0.303 e. The molecular weight excluding hydrogens is 364 g/mol. The normalized spacial score (nSPS) is 12.2. The number of aromatic nitrogens is 2. The summed E-state index contributed by atoms with van der Waals surface area (Å²) in [7, 11) is 0. The second kappa shape index (κ2) is 9.41. The summed E-state index contributed by atoms with van der Waals surface area (Å²) in [4.78, 5) is 23.4. The predicted octanol–water partition coefficient (Wildman–Crippen LogP) is 4.61. The van der Waals surface area contributed by atoms with Gasteiger partial charge in [0.05, 0.1) is 0 Å². The molecule has 152 valence electrons. The third-order valence-electron chi connectivity index (χ3n) is 5.29. The van der Waals surface area contributed by atoms with Crippen LogP contribution in [-0.4, -0.2) is 21.3 Å². The van der Waals surface area contributed by atoms with Gasteiger partial charge in [-0.2, -0.15) is 0 Å². The van der Waals surface area contributed by atoms with Gasteiger partial charge in [-0.1, -0.05) is 68.4 Å². The van der Waals surface area contributed by atoms with Crippen molar-refractivity contribution < 1.29 is 9.90 Å². The second-order valence-electron chi connectivity index (χ2n) is 7.79. The summed E-state index contributed by atoms with van der Waals surface area (Å²) in [5, 5.41) is 14.6. The molecule has 3 aromatic rings. The highest BCUT2D eigenvalue weighted by Gasteiger charge is 2.24. The Labute approximate surface area is 170 Å². The minimum atomic E-state index is -0.766. The molecule has 2 aromatic carbocycles. The largest absolute Gasteiger partial charge is 0.481 e. The number of carboxylic acids is 1. The Morgan fingerprint density at radius 1 is 0.966 bits per heavy atom. The summed E-state index contributed by atoms with van der Waals surface area (Å²) in [6.45, 7) is 4.15. The molecule has 5 heteroatoms. The lowest BCUT2D eigenvalue weighted by atomic mass is 9.84. The summed E-state index contributed by atoms with van der Waals surface area (Å²) in [5.41, 5.74) is 5.05. The smallest absolute Gasteiger partial charge is 0.303 e. The van der Waals surface area contributed by atoms with Crippen LogP contribution in [0.4, 0.5) is 0 Å². The Hall–Kier alpha value is -3.08. The molecule has 0 spiro atoms. The number of rotatable bonds is 9. The van der Waals surface area contributed by atoms with Crippen molar-refractivity contribution in [3.8, 4) is 0 Å². The lowest BCUT2D eigenvalue weighted by molar-refractivity contribution is -0.137. The van der Waals surface area contributed by atoms with Crippen LogP contribution in [-0.2, 0) is 17.6 Å². The van der Waals surface area contributed by atoms with Gasteiger partial charge in [0.2, 0.25) is 0 Å². The number of aliphatic carboxylic acids is 1. The van der Waals surface area contributed by atoms with Gasteiger partial charge in [-0.3, -0.25) is 14.7 Å². The lowest BCUT2D eigenvalue weighted by Gasteiger charge is -2.19. The minimum absolute atomic E-state index is 0.0575. The van der Waals surface area contributed by atoms with Crippen molar-refractivity contribution >= 4 is 5.97 Å². The summed E-state index contributed by atoms with van der Waals surface area (Å²) in [5.74, 6) is -0.618. The first-order valence-electron chi connectivity index (χ1n) is 10.1.